The molecule has 1 saturated heterocycles. The third kappa shape index (κ3) is 6.25. The normalized spacial score (nSPS) is 18.3. The molecule has 0 spiro atoms. The molecule has 2 N–H and O–H groups in total. The Labute approximate surface area is 200 Å². The summed E-state index contributed by atoms with van der Waals surface area (Å²) >= 11 is 0. The molecule has 178 valence electrons. The minimum absolute atomic E-state index is 0.00487. The standard InChI is InChI=1S/C27H32N4O3/c1-34-23-9-7-21(8-10-23)19-27(15-12-26(33)30-27)14-11-25(32)29-24(22-5-3-2-4-6-22)13-17-31-18-16-28-20-31/h2-10,16,18,20,24H,11-15,17,19H2,1H3,(H,29,32)(H,30,33)/t24-,27-/m0/s1. The first-order valence-corrected chi connectivity index (χ1v) is 11.8. The van der Waals surface area contributed by atoms with Gasteiger partial charge in [-0.2, -0.15) is 0 Å². The number of nitrogens with one attached hydrogen (secondary N) is 2. The van der Waals surface area contributed by atoms with Crippen molar-refractivity contribution >= 4 is 11.8 Å². The lowest BCUT2D eigenvalue weighted by molar-refractivity contribution is -0.123. The van der Waals surface area contributed by atoms with Crippen molar-refractivity contribution in [2.24, 2.45) is 0 Å². The molecule has 0 aliphatic carbocycles. The number of hydrogen-bond acceptors (Lipinski definition) is 4. The van der Waals surface area contributed by atoms with Crippen molar-refractivity contribution < 1.29 is 14.3 Å². The SMILES string of the molecule is COc1ccc(C[C@]2(CCC(=O)N[C@@H](CCn3ccnc3)c3ccccc3)CCC(=O)N2)cc1. The largest absolute Gasteiger partial charge is 0.497 e. The van der Waals surface area contributed by atoms with Crippen LogP contribution in [0.25, 0.3) is 0 Å². The second kappa shape index (κ2) is 11.0. The van der Waals surface area contributed by atoms with Crippen LogP contribution in [0.2, 0.25) is 0 Å². The van der Waals surface area contributed by atoms with Crippen LogP contribution in [0.3, 0.4) is 0 Å². The summed E-state index contributed by atoms with van der Waals surface area (Å²) in [6, 6.07) is 17.8. The molecule has 3 aromatic rings. The molecule has 2 amide bonds. The van der Waals surface area contributed by atoms with E-state index >= 15 is 0 Å². The fraction of sp³-hybridized carbons (Fsp3) is 0.370. The van der Waals surface area contributed by atoms with Gasteiger partial charge in [-0.05, 0) is 48.9 Å². The van der Waals surface area contributed by atoms with E-state index in [1.807, 2.05) is 65.4 Å². The molecule has 0 radical (unpaired) electrons. The van der Waals surface area contributed by atoms with Gasteiger partial charge < -0.3 is 19.9 Å². The number of hydrogen-bond donors (Lipinski definition) is 2. The summed E-state index contributed by atoms with van der Waals surface area (Å²) < 4.78 is 7.26. The molecule has 0 unspecified atom stereocenters. The van der Waals surface area contributed by atoms with E-state index in [1.54, 1.807) is 19.6 Å². The van der Waals surface area contributed by atoms with Crippen molar-refractivity contribution in [3.05, 3.63) is 84.4 Å². The zero-order valence-electron chi connectivity index (χ0n) is 19.6. The predicted molar refractivity (Wildman–Crippen MR) is 130 cm³/mol. The number of rotatable bonds is 11. The van der Waals surface area contributed by atoms with Crippen LogP contribution < -0.4 is 15.4 Å². The summed E-state index contributed by atoms with van der Waals surface area (Å²) in [5, 5.41) is 6.39. The van der Waals surface area contributed by atoms with Crippen LogP contribution >= 0.6 is 0 Å². The van der Waals surface area contributed by atoms with E-state index in [2.05, 4.69) is 15.6 Å². The average molecular weight is 461 g/mol. The molecular weight excluding hydrogens is 428 g/mol. The Balaban J connectivity index is 1.39. The maximum absolute atomic E-state index is 13.0. The third-order valence-corrected chi connectivity index (χ3v) is 6.54. The molecule has 7 heteroatoms. The molecule has 2 atom stereocenters. The number of methoxy groups -OCH3 is 1. The Morgan fingerprint density at radius 2 is 2.00 bits per heavy atom. The van der Waals surface area contributed by atoms with Crippen molar-refractivity contribution in [2.45, 2.75) is 56.7 Å². The topological polar surface area (TPSA) is 85.2 Å². The summed E-state index contributed by atoms with van der Waals surface area (Å²) in [6.07, 6.45) is 9.10. The van der Waals surface area contributed by atoms with E-state index in [0.29, 0.717) is 25.7 Å². The van der Waals surface area contributed by atoms with Crippen LogP contribution in [0, 0.1) is 0 Å². The predicted octanol–water partition coefficient (Wildman–Crippen LogP) is 3.81. The van der Waals surface area contributed by atoms with Gasteiger partial charge in [0.15, 0.2) is 0 Å². The molecule has 2 aromatic carbocycles. The van der Waals surface area contributed by atoms with Gasteiger partial charge in [0.1, 0.15) is 5.75 Å². The Hall–Kier alpha value is -3.61. The molecule has 2 heterocycles. The zero-order valence-corrected chi connectivity index (χ0v) is 19.6. The molecule has 1 aromatic heterocycles. The second-order valence-electron chi connectivity index (χ2n) is 8.97. The Morgan fingerprint density at radius 1 is 1.21 bits per heavy atom. The van der Waals surface area contributed by atoms with Gasteiger partial charge in [-0.15, -0.1) is 0 Å². The fourth-order valence-electron chi connectivity index (χ4n) is 4.64. The smallest absolute Gasteiger partial charge is 0.220 e. The maximum atomic E-state index is 13.0. The number of ether oxygens (including phenoxy) is 1. The molecule has 4 rings (SSSR count). The second-order valence-corrected chi connectivity index (χ2v) is 8.97. The van der Waals surface area contributed by atoms with Crippen LogP contribution in [0.15, 0.2) is 73.3 Å². The minimum Gasteiger partial charge on any atom is -0.497 e. The lowest BCUT2D eigenvalue weighted by atomic mass is 9.85. The van der Waals surface area contributed by atoms with E-state index < -0.39 is 5.54 Å². The highest BCUT2D eigenvalue weighted by Crippen LogP contribution is 2.30. The van der Waals surface area contributed by atoms with Crippen molar-refractivity contribution in [1.82, 2.24) is 20.2 Å². The molecule has 34 heavy (non-hydrogen) atoms. The first-order chi connectivity index (χ1) is 16.5. The Morgan fingerprint density at radius 3 is 2.65 bits per heavy atom. The minimum atomic E-state index is -0.401. The number of benzene rings is 2. The van der Waals surface area contributed by atoms with Crippen LogP contribution in [-0.2, 0) is 22.6 Å². The molecule has 0 saturated carbocycles. The van der Waals surface area contributed by atoms with E-state index in [0.717, 1.165) is 36.3 Å². The molecule has 1 fully saturated rings. The summed E-state index contributed by atoms with van der Waals surface area (Å²) in [5.41, 5.74) is 1.80. The van der Waals surface area contributed by atoms with E-state index in [1.165, 1.54) is 0 Å². The average Bonchev–Trinajstić information content (AvgIpc) is 3.51. The van der Waals surface area contributed by atoms with E-state index in [4.69, 9.17) is 4.74 Å². The molecule has 7 nitrogen and oxygen atoms in total. The van der Waals surface area contributed by atoms with Gasteiger partial charge in [0, 0.05) is 37.3 Å². The summed E-state index contributed by atoms with van der Waals surface area (Å²) in [6.45, 7) is 0.761. The number of imidazole rings is 1. The first kappa shape index (κ1) is 23.5. The van der Waals surface area contributed by atoms with Gasteiger partial charge in [0.2, 0.25) is 11.8 Å². The fourth-order valence-corrected chi connectivity index (χ4v) is 4.64. The van der Waals surface area contributed by atoms with Crippen LogP contribution in [0.5, 0.6) is 5.75 Å². The van der Waals surface area contributed by atoms with Crippen molar-refractivity contribution in [2.75, 3.05) is 7.11 Å². The van der Waals surface area contributed by atoms with Gasteiger partial charge in [-0.3, -0.25) is 9.59 Å². The summed E-state index contributed by atoms with van der Waals surface area (Å²) in [5.74, 6) is 0.849. The van der Waals surface area contributed by atoms with Gasteiger partial charge in [-0.25, -0.2) is 4.98 Å². The van der Waals surface area contributed by atoms with Gasteiger partial charge in [0.25, 0.3) is 0 Å². The summed E-state index contributed by atoms with van der Waals surface area (Å²) in [7, 11) is 1.64. The monoisotopic (exact) mass is 460 g/mol. The molecule has 1 aliphatic heterocycles. The first-order valence-electron chi connectivity index (χ1n) is 11.8. The number of aryl methyl sites for hydroxylation is 1. The lowest BCUT2D eigenvalue weighted by Gasteiger charge is -2.30. The van der Waals surface area contributed by atoms with Crippen molar-refractivity contribution in [3.8, 4) is 5.75 Å². The Bertz CT molecular complexity index is 1070. The van der Waals surface area contributed by atoms with Crippen LogP contribution in [0.4, 0.5) is 0 Å². The number of amides is 2. The number of aromatic nitrogens is 2. The highest BCUT2D eigenvalue weighted by molar-refractivity contribution is 5.80. The molecule has 0 bridgehead atoms. The highest BCUT2D eigenvalue weighted by Gasteiger charge is 2.38. The zero-order chi connectivity index (χ0) is 23.8. The van der Waals surface area contributed by atoms with Gasteiger partial charge >= 0.3 is 0 Å². The van der Waals surface area contributed by atoms with Crippen molar-refractivity contribution in [1.29, 1.82) is 0 Å². The van der Waals surface area contributed by atoms with Crippen LogP contribution in [0.1, 0.15) is 49.3 Å². The summed E-state index contributed by atoms with van der Waals surface area (Å²) in [4.78, 5) is 29.3. The van der Waals surface area contributed by atoms with Crippen LogP contribution in [-0.4, -0.2) is 34.0 Å². The third-order valence-electron chi connectivity index (χ3n) is 6.54. The quantitative estimate of drug-likeness (QED) is 0.456. The lowest BCUT2D eigenvalue weighted by Crippen LogP contribution is -2.44. The molecular formula is C27H32N4O3. The number of carbonyl (C=O) groups is 2. The van der Waals surface area contributed by atoms with Gasteiger partial charge in [0.05, 0.1) is 19.5 Å². The Kier molecular flexibility index (Phi) is 7.62. The van der Waals surface area contributed by atoms with Gasteiger partial charge in [-0.1, -0.05) is 42.5 Å². The van der Waals surface area contributed by atoms with E-state index in [-0.39, 0.29) is 17.9 Å². The highest BCUT2D eigenvalue weighted by atomic mass is 16.5. The van der Waals surface area contributed by atoms with E-state index in [9.17, 15) is 9.59 Å². The number of nitrogens with zero attached hydrogens (tertiary/aromatic N) is 2. The van der Waals surface area contributed by atoms with Crippen molar-refractivity contribution in [3.63, 3.8) is 0 Å². The maximum Gasteiger partial charge on any atom is 0.220 e. The molecule has 1 aliphatic rings. The number of carbonyl (C=O) groups excluding carboxylic acids is 2.